The van der Waals surface area contributed by atoms with Crippen LogP contribution in [0.15, 0.2) is 18.3 Å². The lowest BCUT2D eigenvalue weighted by Crippen LogP contribution is -2.22. The van der Waals surface area contributed by atoms with E-state index in [0.29, 0.717) is 5.82 Å². The first-order valence-electron chi connectivity index (χ1n) is 6.32. The van der Waals surface area contributed by atoms with Crippen molar-refractivity contribution >= 4 is 11.5 Å². The van der Waals surface area contributed by atoms with Crippen LogP contribution in [0.1, 0.15) is 19.3 Å². The highest BCUT2D eigenvalue weighted by molar-refractivity contribution is 5.39. The average molecular weight is 250 g/mol. The molecule has 6 nitrogen and oxygen atoms in total. The summed E-state index contributed by atoms with van der Waals surface area (Å²) in [5.41, 5.74) is 0.0256. The molecular formula is C12H18N4O2. The second-order valence-corrected chi connectivity index (χ2v) is 4.49. The minimum atomic E-state index is -0.440. The van der Waals surface area contributed by atoms with Crippen molar-refractivity contribution in [3.05, 3.63) is 28.4 Å². The fraction of sp³-hybridized carbons (Fsp3) is 0.583. The Balaban J connectivity index is 1.68. The fourth-order valence-corrected chi connectivity index (χ4v) is 2.12. The van der Waals surface area contributed by atoms with Crippen LogP contribution in [0.25, 0.3) is 0 Å². The van der Waals surface area contributed by atoms with Crippen LogP contribution in [-0.2, 0) is 0 Å². The minimum Gasteiger partial charge on any atom is -0.370 e. The van der Waals surface area contributed by atoms with Crippen LogP contribution in [-0.4, -0.2) is 41.0 Å². The number of nitrogens with zero attached hydrogens (tertiary/aromatic N) is 3. The van der Waals surface area contributed by atoms with Crippen LogP contribution in [0.3, 0.4) is 0 Å². The molecule has 0 amide bonds. The van der Waals surface area contributed by atoms with Crippen molar-refractivity contribution in [3.63, 3.8) is 0 Å². The largest absolute Gasteiger partial charge is 0.370 e. The number of rotatable bonds is 6. The van der Waals surface area contributed by atoms with Gasteiger partial charge < -0.3 is 10.2 Å². The van der Waals surface area contributed by atoms with Gasteiger partial charge in [0.2, 0.25) is 0 Å². The van der Waals surface area contributed by atoms with Crippen LogP contribution in [0, 0.1) is 10.1 Å². The standard InChI is InChI=1S/C12H18N4O2/c17-16(18)11-4-5-12(14-10-11)13-6-3-9-15-7-1-2-8-15/h4-5,10H,1-3,6-9H2,(H,13,14). The summed E-state index contributed by atoms with van der Waals surface area (Å²) in [6.45, 7) is 4.40. The zero-order valence-corrected chi connectivity index (χ0v) is 10.3. The van der Waals surface area contributed by atoms with E-state index in [9.17, 15) is 10.1 Å². The molecule has 0 atom stereocenters. The van der Waals surface area contributed by atoms with Gasteiger partial charge in [0.1, 0.15) is 12.0 Å². The summed E-state index contributed by atoms with van der Waals surface area (Å²) < 4.78 is 0. The highest BCUT2D eigenvalue weighted by Crippen LogP contribution is 2.12. The zero-order chi connectivity index (χ0) is 12.8. The summed E-state index contributed by atoms with van der Waals surface area (Å²) in [5, 5.41) is 13.6. The van der Waals surface area contributed by atoms with E-state index in [4.69, 9.17) is 0 Å². The maximum absolute atomic E-state index is 10.5. The molecule has 0 radical (unpaired) electrons. The Morgan fingerprint density at radius 1 is 1.39 bits per heavy atom. The Morgan fingerprint density at radius 2 is 2.17 bits per heavy atom. The van der Waals surface area contributed by atoms with Gasteiger partial charge in [0.15, 0.2) is 0 Å². The molecule has 2 rings (SSSR count). The predicted molar refractivity (Wildman–Crippen MR) is 69.7 cm³/mol. The highest BCUT2D eigenvalue weighted by atomic mass is 16.6. The number of hydrogen-bond acceptors (Lipinski definition) is 5. The number of nitro groups is 1. The fourth-order valence-electron chi connectivity index (χ4n) is 2.12. The van der Waals surface area contributed by atoms with Gasteiger partial charge >= 0.3 is 0 Å². The van der Waals surface area contributed by atoms with Crippen molar-refractivity contribution in [1.29, 1.82) is 0 Å². The molecule has 0 spiro atoms. The maximum Gasteiger partial charge on any atom is 0.287 e. The van der Waals surface area contributed by atoms with Crippen molar-refractivity contribution < 1.29 is 4.92 Å². The summed E-state index contributed by atoms with van der Waals surface area (Å²) in [5.74, 6) is 0.696. The van der Waals surface area contributed by atoms with E-state index in [0.717, 1.165) is 19.5 Å². The van der Waals surface area contributed by atoms with Crippen LogP contribution in [0.2, 0.25) is 0 Å². The second-order valence-electron chi connectivity index (χ2n) is 4.49. The van der Waals surface area contributed by atoms with E-state index < -0.39 is 4.92 Å². The lowest BCUT2D eigenvalue weighted by atomic mass is 10.3. The predicted octanol–water partition coefficient (Wildman–Crippen LogP) is 1.89. The van der Waals surface area contributed by atoms with Gasteiger partial charge in [-0.1, -0.05) is 0 Å². The van der Waals surface area contributed by atoms with E-state index >= 15 is 0 Å². The van der Waals surface area contributed by atoms with E-state index in [1.807, 2.05) is 0 Å². The molecule has 1 aromatic rings. The number of anilines is 1. The topological polar surface area (TPSA) is 71.3 Å². The Kier molecular flexibility index (Phi) is 4.46. The molecule has 0 unspecified atom stereocenters. The summed E-state index contributed by atoms with van der Waals surface area (Å²) in [6.07, 6.45) is 4.98. The molecule has 0 bridgehead atoms. The first kappa shape index (κ1) is 12.8. The first-order valence-corrected chi connectivity index (χ1v) is 6.32. The Bertz CT molecular complexity index is 388. The first-order chi connectivity index (χ1) is 8.75. The molecule has 0 aliphatic carbocycles. The van der Waals surface area contributed by atoms with Crippen molar-refractivity contribution in [2.75, 3.05) is 31.5 Å². The molecule has 1 N–H and O–H groups in total. The SMILES string of the molecule is O=[N+]([O-])c1ccc(NCCCN2CCCC2)nc1. The summed E-state index contributed by atoms with van der Waals surface area (Å²) >= 11 is 0. The third-order valence-corrected chi connectivity index (χ3v) is 3.11. The van der Waals surface area contributed by atoms with E-state index in [1.165, 1.54) is 38.2 Å². The van der Waals surface area contributed by atoms with Gasteiger partial charge in [0.05, 0.1) is 4.92 Å². The van der Waals surface area contributed by atoms with Crippen molar-refractivity contribution in [2.24, 2.45) is 0 Å². The van der Waals surface area contributed by atoms with Gasteiger partial charge in [-0.15, -0.1) is 0 Å². The van der Waals surface area contributed by atoms with Crippen LogP contribution in [0.5, 0.6) is 0 Å². The van der Waals surface area contributed by atoms with Crippen LogP contribution >= 0.6 is 0 Å². The van der Waals surface area contributed by atoms with Crippen molar-refractivity contribution in [3.8, 4) is 0 Å². The van der Waals surface area contributed by atoms with Gasteiger partial charge in [-0.3, -0.25) is 10.1 Å². The highest BCUT2D eigenvalue weighted by Gasteiger charge is 2.10. The molecule has 1 aromatic heterocycles. The van der Waals surface area contributed by atoms with Gasteiger partial charge in [0, 0.05) is 12.6 Å². The quantitative estimate of drug-likeness (QED) is 0.474. The third kappa shape index (κ3) is 3.66. The molecule has 6 heteroatoms. The molecule has 1 aliphatic rings. The summed E-state index contributed by atoms with van der Waals surface area (Å²) in [7, 11) is 0. The molecule has 1 aliphatic heterocycles. The number of likely N-dealkylation sites (tertiary alicyclic amines) is 1. The van der Waals surface area contributed by atoms with Crippen LogP contribution < -0.4 is 5.32 Å². The zero-order valence-electron chi connectivity index (χ0n) is 10.3. The van der Waals surface area contributed by atoms with Crippen molar-refractivity contribution in [2.45, 2.75) is 19.3 Å². The Labute approximate surface area is 106 Å². The molecule has 0 saturated carbocycles. The normalized spacial score (nSPS) is 15.8. The number of nitrogens with one attached hydrogen (secondary N) is 1. The number of pyridine rings is 1. The third-order valence-electron chi connectivity index (χ3n) is 3.11. The smallest absolute Gasteiger partial charge is 0.287 e. The molecule has 1 fully saturated rings. The van der Waals surface area contributed by atoms with E-state index in [1.54, 1.807) is 6.07 Å². The van der Waals surface area contributed by atoms with Gasteiger partial charge in [-0.25, -0.2) is 4.98 Å². The second kappa shape index (κ2) is 6.30. The molecule has 18 heavy (non-hydrogen) atoms. The molecule has 98 valence electrons. The molecule has 2 heterocycles. The van der Waals surface area contributed by atoms with Crippen molar-refractivity contribution in [1.82, 2.24) is 9.88 Å². The number of aromatic nitrogens is 1. The molecule has 1 saturated heterocycles. The Hall–Kier alpha value is -1.69. The summed E-state index contributed by atoms with van der Waals surface area (Å²) in [4.78, 5) is 16.5. The Morgan fingerprint density at radius 3 is 2.78 bits per heavy atom. The van der Waals surface area contributed by atoms with Gasteiger partial charge in [-0.05, 0) is 45.0 Å². The van der Waals surface area contributed by atoms with Crippen LogP contribution in [0.4, 0.5) is 11.5 Å². The molecule has 0 aromatic carbocycles. The minimum absolute atomic E-state index is 0.0256. The maximum atomic E-state index is 10.5. The average Bonchev–Trinajstić information content (AvgIpc) is 2.88. The lowest BCUT2D eigenvalue weighted by molar-refractivity contribution is -0.385. The lowest BCUT2D eigenvalue weighted by Gasteiger charge is -2.14. The molecular weight excluding hydrogens is 232 g/mol. The monoisotopic (exact) mass is 250 g/mol. The number of hydrogen-bond donors (Lipinski definition) is 1. The van der Waals surface area contributed by atoms with Gasteiger partial charge in [0.25, 0.3) is 5.69 Å². The van der Waals surface area contributed by atoms with E-state index in [2.05, 4.69) is 15.2 Å². The van der Waals surface area contributed by atoms with E-state index in [-0.39, 0.29) is 5.69 Å². The van der Waals surface area contributed by atoms with Gasteiger partial charge in [-0.2, -0.15) is 0 Å². The summed E-state index contributed by atoms with van der Waals surface area (Å²) in [6, 6.07) is 3.11.